The van der Waals surface area contributed by atoms with Gasteiger partial charge in [-0.05, 0) is 18.6 Å². The van der Waals surface area contributed by atoms with Gasteiger partial charge in [0.2, 0.25) is 0 Å². The highest BCUT2D eigenvalue weighted by Gasteiger charge is 2.27. The third-order valence-corrected chi connectivity index (χ3v) is 6.83. The Hall–Kier alpha value is -0.960. The molecular weight excluding hydrogens is 361 g/mol. The molecule has 0 amide bonds. The first-order chi connectivity index (χ1) is 9.69. The highest BCUT2D eigenvalue weighted by Crippen LogP contribution is 2.22. The molecule has 0 aromatic heterocycles. The maximum atomic E-state index is 11.4. The number of hydrogen-bond acceptors (Lipinski definition) is 6. The molecule has 0 atom stereocenters. The van der Waals surface area contributed by atoms with Crippen LogP contribution in [0.1, 0.15) is 6.42 Å². The van der Waals surface area contributed by atoms with Gasteiger partial charge in [0, 0.05) is 38.3 Å². The Balaban J connectivity index is 2.68. The van der Waals surface area contributed by atoms with E-state index < -0.39 is 22.3 Å². The van der Waals surface area contributed by atoms with E-state index in [9.17, 15) is 16.8 Å². The van der Waals surface area contributed by atoms with Gasteiger partial charge in [-0.2, -0.15) is 0 Å². The molecule has 1 saturated heterocycles. The highest BCUT2D eigenvalue weighted by molar-refractivity contribution is 8.39. The lowest BCUT2D eigenvalue weighted by atomic mass is 10.2. The Bertz CT molecular complexity index is 812. The molecule has 1 heterocycles. The average Bonchev–Trinajstić information content (AvgIpc) is 2.37. The van der Waals surface area contributed by atoms with E-state index in [1.165, 1.54) is 24.3 Å². The van der Waals surface area contributed by atoms with Crippen molar-refractivity contribution < 1.29 is 21.6 Å². The van der Waals surface area contributed by atoms with Crippen molar-refractivity contribution >= 4 is 49.6 Å². The van der Waals surface area contributed by atoms with Crippen LogP contribution in [0.2, 0.25) is 0 Å². The summed E-state index contributed by atoms with van der Waals surface area (Å²) < 4.78 is 49.9. The van der Waals surface area contributed by atoms with Gasteiger partial charge in [0.05, 0.1) is 6.61 Å². The lowest BCUT2D eigenvalue weighted by molar-refractivity contribution is 0.220. The zero-order valence-corrected chi connectivity index (χ0v) is 13.7. The molecule has 0 saturated carbocycles. The fourth-order valence-electron chi connectivity index (χ4n) is 1.84. The molecule has 0 unspecified atom stereocenters. The Kier molecular flexibility index (Phi) is 4.72. The van der Waals surface area contributed by atoms with Crippen molar-refractivity contribution in [2.75, 3.05) is 13.2 Å². The third kappa shape index (κ3) is 4.03. The summed E-state index contributed by atoms with van der Waals surface area (Å²) in [6.45, 7) is 1.34. The molecule has 1 fully saturated rings. The first-order valence-corrected chi connectivity index (χ1v) is 10.4. The van der Waals surface area contributed by atoms with Crippen molar-refractivity contribution in [2.24, 2.45) is 0 Å². The van der Waals surface area contributed by atoms with Crippen molar-refractivity contribution in [1.29, 1.82) is 0 Å². The quantitative estimate of drug-likeness (QED) is 0.734. The van der Waals surface area contributed by atoms with Crippen LogP contribution in [0.3, 0.4) is 0 Å². The molecular formula is C11H11Cl2NO5S2. The van der Waals surface area contributed by atoms with E-state index in [0.29, 0.717) is 17.7 Å². The lowest BCUT2D eigenvalue weighted by Gasteiger charge is -2.17. The topological polar surface area (TPSA) is 89.5 Å². The number of halogens is 2. The molecule has 0 aliphatic carbocycles. The van der Waals surface area contributed by atoms with Gasteiger partial charge in [0.1, 0.15) is 0 Å². The van der Waals surface area contributed by atoms with Crippen LogP contribution in [0.25, 0.3) is 10.1 Å². The maximum Gasteiger partial charge on any atom is 0.274 e. The minimum atomic E-state index is -4.50. The molecule has 0 bridgehead atoms. The first-order valence-electron chi connectivity index (χ1n) is 5.80. The molecule has 1 aromatic carbocycles. The van der Waals surface area contributed by atoms with E-state index in [4.69, 9.17) is 26.1 Å². The first kappa shape index (κ1) is 16.4. The SMILES string of the molecule is O=S(=O)(Cl)C(=c1ccc(=C2NCCCO2)cc1)S(=O)(=O)Cl. The van der Waals surface area contributed by atoms with Gasteiger partial charge in [0.15, 0.2) is 10.1 Å². The number of nitrogens with one attached hydrogen (secondary N) is 1. The standard InChI is InChI=1S/C11H11Cl2NO5S2/c12-20(15,16)11(21(13,17)18)9-4-2-8(3-5-9)10-14-6-1-7-19-10/h2-5,14H,1,6-7H2. The van der Waals surface area contributed by atoms with E-state index in [1.807, 2.05) is 0 Å². The van der Waals surface area contributed by atoms with Gasteiger partial charge in [-0.3, -0.25) is 0 Å². The smallest absolute Gasteiger partial charge is 0.274 e. The summed E-state index contributed by atoms with van der Waals surface area (Å²) in [5.41, 5.74) is 0. The van der Waals surface area contributed by atoms with Crippen molar-refractivity contribution in [3.63, 3.8) is 0 Å². The molecule has 1 aliphatic heterocycles. The van der Waals surface area contributed by atoms with Crippen molar-refractivity contribution in [2.45, 2.75) is 6.42 Å². The fourth-order valence-corrected chi connectivity index (χ4v) is 5.95. The number of hydrogen-bond donors (Lipinski definition) is 1. The molecule has 6 nitrogen and oxygen atoms in total. The van der Waals surface area contributed by atoms with Gasteiger partial charge in [0.25, 0.3) is 18.1 Å². The Labute approximate surface area is 130 Å². The molecule has 0 spiro atoms. The van der Waals surface area contributed by atoms with Gasteiger partial charge >= 0.3 is 0 Å². The molecule has 1 aromatic rings. The summed E-state index contributed by atoms with van der Waals surface area (Å²) in [6, 6.07) is 5.65. The lowest BCUT2D eigenvalue weighted by Crippen LogP contribution is -2.29. The monoisotopic (exact) mass is 371 g/mol. The Morgan fingerprint density at radius 2 is 1.62 bits per heavy atom. The van der Waals surface area contributed by atoms with Crippen LogP contribution in [0, 0.1) is 0 Å². The summed E-state index contributed by atoms with van der Waals surface area (Å²) in [4.78, 5) is 0. The summed E-state index contributed by atoms with van der Waals surface area (Å²) in [6.07, 6.45) is 0.883. The molecule has 1 aliphatic rings. The number of ether oxygens (including phenoxy) is 1. The van der Waals surface area contributed by atoms with Gasteiger partial charge in [-0.15, -0.1) is 0 Å². The average molecular weight is 372 g/mol. The minimum absolute atomic E-state index is 0.111. The van der Waals surface area contributed by atoms with E-state index in [-0.39, 0.29) is 5.22 Å². The summed E-state index contributed by atoms with van der Waals surface area (Å²) in [5, 5.41) is 3.60. The zero-order valence-electron chi connectivity index (χ0n) is 10.5. The maximum absolute atomic E-state index is 11.4. The van der Waals surface area contributed by atoms with Crippen molar-refractivity contribution in [3.8, 4) is 0 Å². The van der Waals surface area contributed by atoms with Gasteiger partial charge in [-0.25, -0.2) is 16.8 Å². The molecule has 0 radical (unpaired) electrons. The van der Waals surface area contributed by atoms with Crippen molar-refractivity contribution in [3.05, 3.63) is 34.7 Å². The van der Waals surface area contributed by atoms with Gasteiger partial charge in [-0.1, -0.05) is 12.1 Å². The molecule has 116 valence electrons. The van der Waals surface area contributed by atoms with Crippen LogP contribution in [-0.2, 0) is 22.8 Å². The van der Waals surface area contributed by atoms with Crippen LogP contribution in [-0.4, -0.2) is 30.0 Å². The second kappa shape index (κ2) is 6.04. The van der Waals surface area contributed by atoms with Crippen LogP contribution < -0.4 is 15.8 Å². The van der Waals surface area contributed by atoms with E-state index in [0.717, 1.165) is 13.0 Å². The normalized spacial score (nSPS) is 16.0. The van der Waals surface area contributed by atoms with Crippen LogP contribution in [0.4, 0.5) is 0 Å². The second-order valence-corrected chi connectivity index (χ2v) is 9.46. The highest BCUT2D eigenvalue weighted by atomic mass is 35.7. The Morgan fingerprint density at radius 3 is 2.05 bits per heavy atom. The predicted molar refractivity (Wildman–Crippen MR) is 80.6 cm³/mol. The van der Waals surface area contributed by atoms with Crippen LogP contribution in [0.15, 0.2) is 24.3 Å². The second-order valence-electron chi connectivity index (χ2n) is 4.20. The summed E-state index contributed by atoms with van der Waals surface area (Å²) >= 11 is 0. The minimum Gasteiger partial charge on any atom is -0.479 e. The van der Waals surface area contributed by atoms with E-state index in [2.05, 4.69) is 5.32 Å². The van der Waals surface area contributed by atoms with Crippen LogP contribution >= 0.6 is 21.4 Å². The van der Waals surface area contributed by atoms with Crippen LogP contribution in [0.5, 0.6) is 0 Å². The Morgan fingerprint density at radius 1 is 1.05 bits per heavy atom. The van der Waals surface area contributed by atoms with Crippen molar-refractivity contribution in [1.82, 2.24) is 5.32 Å². The molecule has 2 rings (SSSR count). The molecule has 1 N–H and O–H groups in total. The summed E-state index contributed by atoms with van der Waals surface area (Å²) in [5.74, 6) is 0.553. The fraction of sp³-hybridized carbons (Fsp3) is 0.273. The number of benzene rings is 1. The van der Waals surface area contributed by atoms with Gasteiger partial charge < -0.3 is 10.1 Å². The number of rotatable bonds is 2. The third-order valence-electron chi connectivity index (χ3n) is 2.68. The summed E-state index contributed by atoms with van der Waals surface area (Å²) in [7, 11) is 1.28. The molecule has 21 heavy (non-hydrogen) atoms. The zero-order chi connectivity index (χ0) is 15.7. The largest absolute Gasteiger partial charge is 0.479 e. The van der Waals surface area contributed by atoms with E-state index >= 15 is 0 Å². The van der Waals surface area contributed by atoms with E-state index in [1.54, 1.807) is 0 Å². The molecule has 10 heteroatoms. The predicted octanol–water partition coefficient (Wildman–Crippen LogP) is -0.0349.